The second-order valence-corrected chi connectivity index (χ2v) is 5.65. The van der Waals surface area contributed by atoms with E-state index in [2.05, 4.69) is 5.32 Å². The van der Waals surface area contributed by atoms with Crippen molar-refractivity contribution in [3.63, 3.8) is 0 Å². The Morgan fingerprint density at radius 3 is 3.15 bits per heavy atom. The number of urea groups is 1. The van der Waals surface area contributed by atoms with Gasteiger partial charge in [-0.3, -0.25) is 0 Å². The number of likely N-dealkylation sites (tertiary alicyclic amines) is 1. The van der Waals surface area contributed by atoms with E-state index in [-0.39, 0.29) is 6.03 Å². The third-order valence-corrected chi connectivity index (χ3v) is 3.89. The maximum absolute atomic E-state index is 12.2. The van der Waals surface area contributed by atoms with Crippen LogP contribution in [-0.2, 0) is 6.42 Å². The lowest BCUT2D eigenvalue weighted by Gasteiger charge is -2.30. The van der Waals surface area contributed by atoms with Crippen LogP contribution in [0.25, 0.3) is 0 Å². The Bertz CT molecular complexity index is 535. The van der Waals surface area contributed by atoms with Gasteiger partial charge in [0.15, 0.2) is 0 Å². The van der Waals surface area contributed by atoms with E-state index in [9.17, 15) is 9.90 Å². The van der Waals surface area contributed by atoms with Crippen LogP contribution in [0.5, 0.6) is 5.75 Å². The SMILES string of the molecule is O=C(Nc1cc(Cl)cc2c1OCC2)N1CCC[C@H](O)C1. The van der Waals surface area contributed by atoms with Crippen molar-refractivity contribution < 1.29 is 14.6 Å². The number of rotatable bonds is 1. The largest absolute Gasteiger partial charge is 0.491 e. The van der Waals surface area contributed by atoms with Crippen molar-refractivity contribution in [2.24, 2.45) is 0 Å². The van der Waals surface area contributed by atoms with E-state index in [1.54, 1.807) is 11.0 Å². The van der Waals surface area contributed by atoms with Crippen molar-refractivity contribution in [3.8, 4) is 5.75 Å². The van der Waals surface area contributed by atoms with E-state index >= 15 is 0 Å². The number of aliphatic hydroxyl groups excluding tert-OH is 1. The summed E-state index contributed by atoms with van der Waals surface area (Å²) in [5.41, 5.74) is 1.63. The number of carbonyl (C=O) groups is 1. The first-order chi connectivity index (χ1) is 9.63. The van der Waals surface area contributed by atoms with Gasteiger partial charge in [-0.25, -0.2) is 4.79 Å². The smallest absolute Gasteiger partial charge is 0.322 e. The van der Waals surface area contributed by atoms with Gasteiger partial charge in [0, 0.05) is 30.1 Å². The Hall–Kier alpha value is -1.46. The lowest BCUT2D eigenvalue weighted by atomic mass is 10.1. The fourth-order valence-electron chi connectivity index (χ4n) is 2.70. The van der Waals surface area contributed by atoms with Gasteiger partial charge in [0.05, 0.1) is 18.4 Å². The number of hydrogen-bond acceptors (Lipinski definition) is 3. The number of anilines is 1. The van der Waals surface area contributed by atoms with Gasteiger partial charge in [-0.15, -0.1) is 0 Å². The van der Waals surface area contributed by atoms with Crippen LogP contribution in [0.4, 0.5) is 10.5 Å². The maximum Gasteiger partial charge on any atom is 0.322 e. The molecule has 3 rings (SSSR count). The van der Waals surface area contributed by atoms with Gasteiger partial charge in [0.1, 0.15) is 5.75 Å². The molecule has 2 N–H and O–H groups in total. The molecule has 2 aliphatic heterocycles. The first-order valence-electron chi connectivity index (χ1n) is 6.82. The molecular weight excluding hydrogens is 280 g/mol. The number of amides is 2. The number of carbonyl (C=O) groups excluding carboxylic acids is 1. The van der Waals surface area contributed by atoms with Crippen LogP contribution in [0.3, 0.4) is 0 Å². The molecule has 0 spiro atoms. The zero-order valence-corrected chi connectivity index (χ0v) is 11.8. The van der Waals surface area contributed by atoms with Crippen LogP contribution < -0.4 is 10.1 Å². The minimum absolute atomic E-state index is 0.219. The molecule has 20 heavy (non-hydrogen) atoms. The molecule has 1 saturated heterocycles. The number of ether oxygens (including phenoxy) is 1. The third-order valence-electron chi connectivity index (χ3n) is 3.67. The zero-order chi connectivity index (χ0) is 14.1. The summed E-state index contributed by atoms with van der Waals surface area (Å²) in [7, 11) is 0. The number of β-amino-alcohol motifs (C(OH)–C–C–N with tert-alkyl or cyclic N) is 1. The van der Waals surface area contributed by atoms with Gasteiger partial charge < -0.3 is 20.1 Å². The van der Waals surface area contributed by atoms with E-state index in [4.69, 9.17) is 16.3 Å². The summed E-state index contributed by atoms with van der Waals surface area (Å²) >= 11 is 6.06. The molecule has 0 aromatic heterocycles. The molecule has 2 aliphatic rings. The fourth-order valence-corrected chi connectivity index (χ4v) is 2.94. The van der Waals surface area contributed by atoms with E-state index in [1.807, 2.05) is 6.07 Å². The minimum Gasteiger partial charge on any atom is -0.491 e. The highest BCUT2D eigenvalue weighted by Crippen LogP contribution is 2.36. The van der Waals surface area contributed by atoms with Crippen LogP contribution in [0.2, 0.25) is 5.02 Å². The number of nitrogens with zero attached hydrogens (tertiary/aromatic N) is 1. The maximum atomic E-state index is 12.2. The van der Waals surface area contributed by atoms with Crippen molar-refractivity contribution in [1.82, 2.24) is 4.90 Å². The van der Waals surface area contributed by atoms with Gasteiger partial charge >= 0.3 is 6.03 Å². The Labute approximate surface area is 122 Å². The minimum atomic E-state index is -0.434. The highest BCUT2D eigenvalue weighted by Gasteiger charge is 2.24. The first kappa shape index (κ1) is 13.5. The van der Waals surface area contributed by atoms with Gasteiger partial charge in [0.2, 0.25) is 0 Å². The molecule has 1 atom stereocenters. The van der Waals surface area contributed by atoms with Gasteiger partial charge in [-0.2, -0.15) is 0 Å². The molecule has 0 bridgehead atoms. The average molecular weight is 297 g/mol. The quantitative estimate of drug-likeness (QED) is 0.835. The monoisotopic (exact) mass is 296 g/mol. The summed E-state index contributed by atoms with van der Waals surface area (Å²) in [4.78, 5) is 13.9. The van der Waals surface area contributed by atoms with Gasteiger partial charge in [0.25, 0.3) is 0 Å². The van der Waals surface area contributed by atoms with Crippen LogP contribution in [-0.4, -0.2) is 41.8 Å². The van der Waals surface area contributed by atoms with Crippen molar-refractivity contribution in [1.29, 1.82) is 0 Å². The molecule has 2 heterocycles. The molecular formula is C14H17ClN2O3. The van der Waals surface area contributed by atoms with Gasteiger partial charge in [-0.1, -0.05) is 11.6 Å². The predicted molar refractivity (Wildman–Crippen MR) is 76.5 cm³/mol. The fraction of sp³-hybridized carbons (Fsp3) is 0.500. The highest BCUT2D eigenvalue weighted by atomic mass is 35.5. The molecule has 6 heteroatoms. The Morgan fingerprint density at radius 1 is 1.50 bits per heavy atom. The topological polar surface area (TPSA) is 61.8 Å². The van der Waals surface area contributed by atoms with Crippen molar-refractivity contribution >= 4 is 23.3 Å². The molecule has 2 amide bonds. The lowest BCUT2D eigenvalue weighted by Crippen LogP contribution is -2.44. The van der Waals surface area contributed by atoms with Crippen molar-refractivity contribution in [2.45, 2.75) is 25.4 Å². The van der Waals surface area contributed by atoms with E-state index < -0.39 is 6.10 Å². The number of aliphatic hydroxyl groups is 1. The van der Waals surface area contributed by atoms with Crippen LogP contribution in [0.15, 0.2) is 12.1 Å². The van der Waals surface area contributed by atoms with Crippen LogP contribution >= 0.6 is 11.6 Å². The van der Waals surface area contributed by atoms with Crippen molar-refractivity contribution in [2.75, 3.05) is 25.0 Å². The van der Waals surface area contributed by atoms with Gasteiger partial charge in [-0.05, 0) is 25.0 Å². The lowest BCUT2D eigenvalue weighted by molar-refractivity contribution is 0.0883. The molecule has 0 unspecified atom stereocenters. The predicted octanol–water partition coefficient (Wildman–Crippen LogP) is 2.26. The number of fused-ring (bicyclic) bond motifs is 1. The Kier molecular flexibility index (Phi) is 3.72. The van der Waals surface area contributed by atoms with E-state index in [0.717, 1.165) is 24.8 Å². The summed E-state index contributed by atoms with van der Waals surface area (Å²) in [6.45, 7) is 1.64. The molecule has 108 valence electrons. The third kappa shape index (κ3) is 2.69. The number of halogens is 1. The normalized spacial score (nSPS) is 21.3. The van der Waals surface area contributed by atoms with Crippen LogP contribution in [0.1, 0.15) is 18.4 Å². The second kappa shape index (κ2) is 5.50. The standard InChI is InChI=1S/C14H17ClN2O3/c15-10-6-9-3-5-20-13(9)12(7-10)16-14(19)17-4-1-2-11(18)8-17/h6-7,11,18H,1-5,8H2,(H,16,19)/t11-/m0/s1. The number of piperidine rings is 1. The van der Waals surface area contributed by atoms with Crippen LogP contribution in [0, 0.1) is 0 Å². The molecule has 1 fully saturated rings. The molecule has 1 aromatic rings. The summed E-state index contributed by atoms with van der Waals surface area (Å²) in [6.07, 6.45) is 1.94. The number of hydrogen-bond donors (Lipinski definition) is 2. The van der Waals surface area contributed by atoms with E-state index in [0.29, 0.717) is 36.2 Å². The average Bonchev–Trinajstić information content (AvgIpc) is 2.86. The summed E-state index contributed by atoms with van der Waals surface area (Å²) in [6, 6.07) is 3.34. The zero-order valence-electron chi connectivity index (χ0n) is 11.1. The Morgan fingerprint density at radius 2 is 2.35 bits per heavy atom. The molecule has 5 nitrogen and oxygen atoms in total. The Balaban J connectivity index is 1.76. The second-order valence-electron chi connectivity index (χ2n) is 5.21. The summed E-state index contributed by atoms with van der Waals surface area (Å²) in [5.74, 6) is 0.709. The summed E-state index contributed by atoms with van der Waals surface area (Å²) < 4.78 is 5.55. The first-order valence-corrected chi connectivity index (χ1v) is 7.20. The number of nitrogens with one attached hydrogen (secondary N) is 1. The summed E-state index contributed by atoms with van der Waals surface area (Å²) in [5, 5.41) is 13.1. The molecule has 0 aliphatic carbocycles. The molecule has 1 aromatic carbocycles. The number of benzene rings is 1. The molecule has 0 radical (unpaired) electrons. The van der Waals surface area contributed by atoms with E-state index in [1.165, 1.54) is 0 Å². The van der Waals surface area contributed by atoms with Crippen molar-refractivity contribution in [3.05, 3.63) is 22.7 Å². The molecule has 0 saturated carbocycles. The highest BCUT2D eigenvalue weighted by molar-refractivity contribution is 6.31.